The van der Waals surface area contributed by atoms with Crippen LogP contribution >= 0.6 is 0 Å². The number of hydrogen-bond donors (Lipinski definition) is 1. The van der Waals surface area contributed by atoms with E-state index in [4.69, 9.17) is 10.4 Å². The van der Waals surface area contributed by atoms with Gasteiger partial charge in [-0.25, -0.2) is 0 Å². The zero-order chi connectivity index (χ0) is 10.4. The van der Waals surface area contributed by atoms with Crippen molar-refractivity contribution in [2.24, 2.45) is 5.92 Å². The first-order valence-corrected chi connectivity index (χ1v) is 4.29. The van der Waals surface area contributed by atoms with E-state index >= 15 is 0 Å². The zero-order valence-corrected chi connectivity index (χ0v) is 8.32. The molecule has 0 heterocycles. The van der Waals surface area contributed by atoms with Gasteiger partial charge in [-0.05, 0) is 20.9 Å². The fourth-order valence-electron chi connectivity index (χ4n) is 1.06. The number of aliphatic carboxylic acids is 1. The molecule has 0 aliphatic heterocycles. The molecule has 0 aromatic rings. The van der Waals surface area contributed by atoms with E-state index in [1.165, 1.54) is 0 Å². The summed E-state index contributed by atoms with van der Waals surface area (Å²) in [7, 11) is 1.83. The van der Waals surface area contributed by atoms with Gasteiger partial charge in [0.25, 0.3) is 0 Å². The minimum absolute atomic E-state index is 0.0201. The molecule has 4 nitrogen and oxygen atoms in total. The van der Waals surface area contributed by atoms with E-state index in [1.807, 2.05) is 25.8 Å². The molecule has 2 unspecified atom stereocenters. The number of hydrogen-bond acceptors (Lipinski definition) is 3. The monoisotopic (exact) mass is 184 g/mol. The van der Waals surface area contributed by atoms with E-state index in [0.717, 1.165) is 0 Å². The first-order chi connectivity index (χ1) is 5.97. The highest BCUT2D eigenvalue weighted by Crippen LogP contribution is 2.04. The average Bonchev–Trinajstić information content (AvgIpc) is 2.02. The number of carbonyl (C=O) groups is 1. The molecule has 0 saturated heterocycles. The Morgan fingerprint density at radius 3 is 2.54 bits per heavy atom. The molecule has 2 atom stereocenters. The molecular formula is C9H16N2O2. The Kier molecular flexibility index (Phi) is 5.09. The summed E-state index contributed by atoms with van der Waals surface area (Å²) < 4.78 is 0. The number of nitrogens with zero attached hydrogens (tertiary/aromatic N) is 2. The van der Waals surface area contributed by atoms with Gasteiger partial charge in [-0.1, -0.05) is 0 Å². The highest BCUT2D eigenvalue weighted by Gasteiger charge is 2.14. The van der Waals surface area contributed by atoms with Gasteiger partial charge in [0.2, 0.25) is 0 Å². The zero-order valence-electron chi connectivity index (χ0n) is 8.32. The summed E-state index contributed by atoms with van der Waals surface area (Å²) in [5, 5.41) is 17.1. The van der Waals surface area contributed by atoms with Crippen LogP contribution in [0.25, 0.3) is 0 Å². The normalized spacial score (nSPS) is 15.0. The van der Waals surface area contributed by atoms with Crippen molar-refractivity contribution in [3.8, 4) is 6.07 Å². The second-order valence-electron chi connectivity index (χ2n) is 3.42. The average molecular weight is 184 g/mol. The van der Waals surface area contributed by atoms with Gasteiger partial charge in [0.15, 0.2) is 0 Å². The van der Waals surface area contributed by atoms with Crippen LogP contribution in [0.15, 0.2) is 0 Å². The lowest BCUT2D eigenvalue weighted by atomic mass is 10.1. The van der Waals surface area contributed by atoms with Gasteiger partial charge in [0.05, 0.1) is 18.4 Å². The molecule has 0 amide bonds. The maximum Gasteiger partial charge on any atom is 0.304 e. The molecule has 0 aromatic heterocycles. The molecule has 0 fully saturated rings. The van der Waals surface area contributed by atoms with Crippen LogP contribution in [0.4, 0.5) is 0 Å². The highest BCUT2D eigenvalue weighted by atomic mass is 16.4. The Morgan fingerprint density at radius 1 is 1.62 bits per heavy atom. The largest absolute Gasteiger partial charge is 0.481 e. The van der Waals surface area contributed by atoms with E-state index in [1.54, 1.807) is 0 Å². The fraction of sp³-hybridized carbons (Fsp3) is 0.778. The first-order valence-electron chi connectivity index (χ1n) is 4.29. The van der Waals surface area contributed by atoms with E-state index in [2.05, 4.69) is 6.07 Å². The van der Waals surface area contributed by atoms with Crippen molar-refractivity contribution >= 4 is 5.97 Å². The van der Waals surface area contributed by atoms with Crippen LogP contribution in [0.1, 0.15) is 20.3 Å². The van der Waals surface area contributed by atoms with Crippen molar-refractivity contribution in [3.05, 3.63) is 0 Å². The number of nitriles is 1. The van der Waals surface area contributed by atoms with Crippen LogP contribution in [-0.4, -0.2) is 35.6 Å². The molecule has 0 saturated carbocycles. The quantitative estimate of drug-likeness (QED) is 0.690. The van der Waals surface area contributed by atoms with Crippen molar-refractivity contribution in [3.63, 3.8) is 0 Å². The molecule has 13 heavy (non-hydrogen) atoms. The number of carboxylic acid groups (broad SMARTS) is 1. The van der Waals surface area contributed by atoms with E-state index in [0.29, 0.717) is 6.54 Å². The molecular weight excluding hydrogens is 168 g/mol. The van der Waals surface area contributed by atoms with Crippen molar-refractivity contribution in [1.82, 2.24) is 4.90 Å². The third-order valence-corrected chi connectivity index (χ3v) is 2.00. The molecule has 0 aliphatic rings. The maximum atomic E-state index is 10.4. The molecule has 74 valence electrons. The molecule has 4 heteroatoms. The fourth-order valence-corrected chi connectivity index (χ4v) is 1.06. The summed E-state index contributed by atoms with van der Waals surface area (Å²) in [6, 6.07) is 2.09. The van der Waals surface area contributed by atoms with Gasteiger partial charge in [-0.3, -0.25) is 4.79 Å². The number of carboxylic acids is 1. The summed E-state index contributed by atoms with van der Waals surface area (Å²) >= 11 is 0. The molecule has 0 aliphatic carbocycles. The van der Waals surface area contributed by atoms with Gasteiger partial charge >= 0.3 is 5.97 Å². The summed E-state index contributed by atoms with van der Waals surface area (Å²) in [4.78, 5) is 12.3. The van der Waals surface area contributed by atoms with Crippen LogP contribution in [0.2, 0.25) is 0 Å². The van der Waals surface area contributed by atoms with Gasteiger partial charge in [-0.2, -0.15) is 5.26 Å². The predicted octanol–water partition coefficient (Wildman–Crippen LogP) is 0.941. The highest BCUT2D eigenvalue weighted by molar-refractivity contribution is 5.67. The van der Waals surface area contributed by atoms with Gasteiger partial charge in [-0.15, -0.1) is 0 Å². The first kappa shape index (κ1) is 11.9. The maximum absolute atomic E-state index is 10.4. The smallest absolute Gasteiger partial charge is 0.304 e. The van der Waals surface area contributed by atoms with E-state index in [-0.39, 0.29) is 18.4 Å². The molecule has 0 radical (unpaired) electrons. The molecule has 0 spiro atoms. The number of rotatable bonds is 5. The van der Waals surface area contributed by atoms with Gasteiger partial charge in [0, 0.05) is 12.6 Å². The summed E-state index contributed by atoms with van der Waals surface area (Å²) in [6.07, 6.45) is 0.120. The predicted molar refractivity (Wildman–Crippen MR) is 49.1 cm³/mol. The molecule has 1 N–H and O–H groups in total. The Balaban J connectivity index is 3.89. The summed E-state index contributed by atoms with van der Waals surface area (Å²) in [5.74, 6) is -0.856. The van der Waals surface area contributed by atoms with Crippen LogP contribution in [0, 0.1) is 17.2 Å². The van der Waals surface area contributed by atoms with Gasteiger partial charge < -0.3 is 10.0 Å². The van der Waals surface area contributed by atoms with Crippen LogP contribution in [0.5, 0.6) is 0 Å². The van der Waals surface area contributed by atoms with E-state index in [9.17, 15) is 4.79 Å². The summed E-state index contributed by atoms with van der Waals surface area (Å²) in [5.41, 5.74) is 0. The minimum atomic E-state index is -0.802. The summed E-state index contributed by atoms with van der Waals surface area (Å²) in [6.45, 7) is 4.28. The van der Waals surface area contributed by atoms with Crippen molar-refractivity contribution in [2.45, 2.75) is 26.3 Å². The van der Waals surface area contributed by atoms with Gasteiger partial charge in [0.1, 0.15) is 0 Å². The second kappa shape index (κ2) is 5.55. The molecule has 0 rings (SSSR count). The van der Waals surface area contributed by atoms with E-state index < -0.39 is 5.97 Å². The second-order valence-corrected chi connectivity index (χ2v) is 3.42. The standard InChI is InChI=1S/C9H16N2O2/c1-7(5-10)6-11(3)8(2)4-9(12)13/h7-8H,4,6H2,1-3H3,(H,12,13). The van der Waals surface area contributed by atoms with Crippen LogP contribution < -0.4 is 0 Å². The van der Waals surface area contributed by atoms with Crippen LogP contribution in [0.3, 0.4) is 0 Å². The Morgan fingerprint density at radius 2 is 2.15 bits per heavy atom. The Labute approximate surface area is 78.8 Å². The van der Waals surface area contributed by atoms with Crippen molar-refractivity contribution < 1.29 is 9.90 Å². The lowest BCUT2D eigenvalue weighted by Gasteiger charge is -2.23. The minimum Gasteiger partial charge on any atom is -0.481 e. The lowest BCUT2D eigenvalue weighted by Crippen LogP contribution is -2.34. The Bertz CT molecular complexity index is 210. The molecule has 0 aromatic carbocycles. The third kappa shape index (κ3) is 5.21. The SMILES string of the molecule is CC(C#N)CN(C)C(C)CC(=O)O. The lowest BCUT2D eigenvalue weighted by molar-refractivity contribution is -0.138. The third-order valence-electron chi connectivity index (χ3n) is 2.00. The van der Waals surface area contributed by atoms with Crippen LogP contribution in [-0.2, 0) is 4.79 Å². The molecule has 0 bridgehead atoms. The van der Waals surface area contributed by atoms with Crippen molar-refractivity contribution in [2.75, 3.05) is 13.6 Å². The van der Waals surface area contributed by atoms with Crippen molar-refractivity contribution in [1.29, 1.82) is 5.26 Å². The topological polar surface area (TPSA) is 64.3 Å². The Hall–Kier alpha value is -1.08.